The van der Waals surface area contributed by atoms with Crippen molar-refractivity contribution in [2.24, 2.45) is 28.7 Å². The van der Waals surface area contributed by atoms with E-state index in [2.05, 4.69) is 13.2 Å². The second-order valence-electron chi connectivity index (χ2n) is 4.11. The maximum atomic E-state index is 5.78. The zero-order valence-electron chi connectivity index (χ0n) is 12.0. The van der Waals surface area contributed by atoms with Gasteiger partial charge < -0.3 is 28.7 Å². The summed E-state index contributed by atoms with van der Waals surface area (Å²) in [4.78, 5) is 0. The third-order valence-electron chi connectivity index (χ3n) is 2.13. The smallest absolute Gasteiger partial charge is 0.0315 e. The Bertz CT molecular complexity index is 557. The number of nitrogens with two attached hydrogens (primary N) is 5. The minimum Gasteiger partial charge on any atom is -0.399 e. The van der Waals surface area contributed by atoms with Gasteiger partial charge in [-0.2, -0.15) is 0 Å². The summed E-state index contributed by atoms with van der Waals surface area (Å²) in [5.41, 5.74) is 30.6. The van der Waals surface area contributed by atoms with Crippen molar-refractivity contribution in [3.8, 4) is 0 Å². The van der Waals surface area contributed by atoms with E-state index in [9.17, 15) is 0 Å². The predicted molar refractivity (Wildman–Crippen MR) is 90.9 cm³/mol. The highest BCUT2D eigenvalue weighted by atomic mass is 14.6. The molecule has 0 aromatic rings. The number of allylic oxidation sites excluding steroid dienone is 9. The van der Waals surface area contributed by atoms with E-state index in [1.54, 1.807) is 48.6 Å². The Kier molecular flexibility index (Phi) is 8.36. The molecule has 5 heteroatoms. The van der Waals surface area contributed by atoms with E-state index >= 15 is 0 Å². The fraction of sp³-hybridized carbons (Fsp3) is 0. The molecule has 0 saturated carbocycles. The second kappa shape index (κ2) is 9.80. The van der Waals surface area contributed by atoms with E-state index in [0.29, 0.717) is 28.5 Å². The standard InChI is InChI=1S/C16H23N5/c1-3-13(18)6-7-15(20)10-11-16(21)9-8-14(19)5-4-12(2)17/h3-11H,1-2,17-21H2/b5-4+,11-10+,13-6-,14-8-,15-7-,16-9-. The first-order valence-electron chi connectivity index (χ1n) is 6.14. The molecule has 0 amide bonds. The van der Waals surface area contributed by atoms with Crippen LogP contribution in [0.3, 0.4) is 0 Å². The molecule has 0 heterocycles. The quantitative estimate of drug-likeness (QED) is 0.448. The Morgan fingerprint density at radius 1 is 0.571 bits per heavy atom. The molecule has 0 aromatic carbocycles. The third-order valence-corrected chi connectivity index (χ3v) is 2.13. The van der Waals surface area contributed by atoms with Crippen LogP contribution in [-0.4, -0.2) is 0 Å². The molecule has 0 atom stereocenters. The normalized spacial score (nSPS) is 14.9. The fourth-order valence-corrected chi connectivity index (χ4v) is 1.02. The lowest BCUT2D eigenvalue weighted by molar-refractivity contribution is 1.35. The Morgan fingerprint density at radius 3 is 1.24 bits per heavy atom. The summed E-state index contributed by atoms with van der Waals surface area (Å²) in [6, 6.07) is 0. The van der Waals surface area contributed by atoms with Crippen LogP contribution in [0.5, 0.6) is 0 Å². The van der Waals surface area contributed by atoms with Crippen molar-refractivity contribution < 1.29 is 0 Å². The molecular formula is C16H23N5. The van der Waals surface area contributed by atoms with E-state index < -0.39 is 0 Å². The van der Waals surface area contributed by atoms with E-state index in [4.69, 9.17) is 28.7 Å². The van der Waals surface area contributed by atoms with Crippen LogP contribution in [0, 0.1) is 0 Å². The van der Waals surface area contributed by atoms with Crippen molar-refractivity contribution in [3.63, 3.8) is 0 Å². The molecule has 10 N–H and O–H groups in total. The summed E-state index contributed by atoms with van der Waals surface area (Å²) in [6.07, 6.45) is 14.7. The highest BCUT2D eigenvalue weighted by Gasteiger charge is 1.85. The zero-order valence-corrected chi connectivity index (χ0v) is 12.0. The van der Waals surface area contributed by atoms with Crippen LogP contribution in [0.15, 0.2) is 96.3 Å². The SMILES string of the molecule is C=C/C(N)=C/C=C(N)/C=C/C(N)=C/C=C(N)/C=C/C(=C)N. The van der Waals surface area contributed by atoms with Gasteiger partial charge >= 0.3 is 0 Å². The summed E-state index contributed by atoms with van der Waals surface area (Å²) >= 11 is 0. The van der Waals surface area contributed by atoms with E-state index in [-0.39, 0.29) is 0 Å². The first-order chi connectivity index (χ1) is 9.85. The van der Waals surface area contributed by atoms with Crippen molar-refractivity contribution in [1.82, 2.24) is 0 Å². The molecule has 112 valence electrons. The molecule has 0 aliphatic rings. The van der Waals surface area contributed by atoms with Gasteiger partial charge in [0.15, 0.2) is 0 Å². The van der Waals surface area contributed by atoms with Gasteiger partial charge in [-0.15, -0.1) is 0 Å². The minimum atomic E-state index is 0.424. The largest absolute Gasteiger partial charge is 0.399 e. The zero-order chi connectivity index (χ0) is 16.3. The van der Waals surface area contributed by atoms with Gasteiger partial charge in [-0.1, -0.05) is 13.2 Å². The molecule has 5 nitrogen and oxygen atoms in total. The number of hydrogen-bond donors (Lipinski definition) is 5. The molecule has 0 bridgehead atoms. The first-order valence-corrected chi connectivity index (χ1v) is 6.14. The van der Waals surface area contributed by atoms with Crippen LogP contribution < -0.4 is 28.7 Å². The van der Waals surface area contributed by atoms with Gasteiger partial charge in [0, 0.05) is 28.5 Å². The highest BCUT2D eigenvalue weighted by Crippen LogP contribution is 1.97. The van der Waals surface area contributed by atoms with Crippen LogP contribution >= 0.6 is 0 Å². The first kappa shape index (κ1) is 17.9. The topological polar surface area (TPSA) is 130 Å². The lowest BCUT2D eigenvalue weighted by Crippen LogP contribution is -1.98. The van der Waals surface area contributed by atoms with Gasteiger partial charge in [0.1, 0.15) is 0 Å². The molecule has 0 rings (SSSR count). The molecule has 0 saturated heterocycles. The van der Waals surface area contributed by atoms with Gasteiger partial charge in [-0.3, -0.25) is 0 Å². The maximum absolute atomic E-state index is 5.78. The summed E-state index contributed by atoms with van der Waals surface area (Å²) in [5, 5.41) is 0. The van der Waals surface area contributed by atoms with Crippen molar-refractivity contribution in [1.29, 1.82) is 0 Å². The maximum Gasteiger partial charge on any atom is 0.0315 e. The summed E-state index contributed by atoms with van der Waals surface area (Å²) in [5.74, 6) is 0. The lowest BCUT2D eigenvalue weighted by Gasteiger charge is -1.94. The minimum absolute atomic E-state index is 0.424. The van der Waals surface area contributed by atoms with E-state index in [1.807, 2.05) is 0 Å². The van der Waals surface area contributed by atoms with Crippen molar-refractivity contribution >= 4 is 0 Å². The molecule has 0 fully saturated rings. The third kappa shape index (κ3) is 10.5. The highest BCUT2D eigenvalue weighted by molar-refractivity contribution is 5.32. The molecule has 0 unspecified atom stereocenters. The van der Waals surface area contributed by atoms with Gasteiger partial charge in [-0.25, -0.2) is 0 Å². The van der Waals surface area contributed by atoms with Crippen molar-refractivity contribution in [2.75, 3.05) is 0 Å². The molecule has 0 radical (unpaired) electrons. The lowest BCUT2D eigenvalue weighted by atomic mass is 10.2. The second-order valence-corrected chi connectivity index (χ2v) is 4.11. The fourth-order valence-electron chi connectivity index (χ4n) is 1.02. The summed E-state index contributed by atoms with van der Waals surface area (Å²) in [7, 11) is 0. The molecule has 0 aliphatic heterocycles. The van der Waals surface area contributed by atoms with Gasteiger partial charge in [0.25, 0.3) is 0 Å². The Hall–Kier alpha value is -3.08. The van der Waals surface area contributed by atoms with Crippen LogP contribution in [0.1, 0.15) is 0 Å². The Labute approximate surface area is 125 Å². The molecule has 0 spiro atoms. The van der Waals surface area contributed by atoms with Crippen LogP contribution in [0.2, 0.25) is 0 Å². The molecular weight excluding hydrogens is 262 g/mol. The molecule has 0 aromatic heterocycles. The molecule has 0 aliphatic carbocycles. The predicted octanol–water partition coefficient (Wildman–Crippen LogP) is 1.13. The van der Waals surface area contributed by atoms with Gasteiger partial charge in [0.2, 0.25) is 0 Å². The van der Waals surface area contributed by atoms with Crippen LogP contribution in [0.25, 0.3) is 0 Å². The van der Waals surface area contributed by atoms with E-state index in [1.165, 1.54) is 6.08 Å². The summed E-state index contributed by atoms with van der Waals surface area (Å²) in [6.45, 7) is 7.06. The van der Waals surface area contributed by atoms with Crippen LogP contribution in [-0.2, 0) is 0 Å². The van der Waals surface area contributed by atoms with Crippen molar-refractivity contribution in [3.05, 3.63) is 96.3 Å². The Balaban J connectivity index is 4.74. The molecule has 21 heavy (non-hydrogen) atoms. The summed E-state index contributed by atoms with van der Waals surface area (Å²) < 4.78 is 0. The number of rotatable bonds is 7. The monoisotopic (exact) mass is 285 g/mol. The van der Waals surface area contributed by atoms with E-state index in [0.717, 1.165) is 0 Å². The average Bonchev–Trinajstić information content (AvgIpc) is 2.45. The average molecular weight is 285 g/mol. The van der Waals surface area contributed by atoms with Crippen molar-refractivity contribution in [2.45, 2.75) is 0 Å². The van der Waals surface area contributed by atoms with Gasteiger partial charge in [-0.05, 0) is 54.7 Å². The van der Waals surface area contributed by atoms with Crippen LogP contribution in [0.4, 0.5) is 0 Å². The number of hydrogen-bond acceptors (Lipinski definition) is 5. The Morgan fingerprint density at radius 2 is 0.905 bits per heavy atom. The van der Waals surface area contributed by atoms with Gasteiger partial charge in [0.05, 0.1) is 0 Å².